The van der Waals surface area contributed by atoms with E-state index in [1.54, 1.807) is 7.11 Å². The van der Waals surface area contributed by atoms with Gasteiger partial charge in [0, 0.05) is 17.7 Å². The Labute approximate surface area is 227 Å². The van der Waals surface area contributed by atoms with Gasteiger partial charge in [0.25, 0.3) is 5.91 Å². The Hall–Kier alpha value is -4.84. The SMILES string of the molecule is COc1cc(C2c3c(-c4ccccc4)n[nH]c3C(=O)N2CCc2ccccc2)ccc1OCc1ccccc1. The largest absolute Gasteiger partial charge is 0.493 e. The highest BCUT2D eigenvalue weighted by molar-refractivity contribution is 6.00. The van der Waals surface area contributed by atoms with Crippen LogP contribution in [-0.4, -0.2) is 34.7 Å². The molecule has 6 rings (SSSR count). The van der Waals surface area contributed by atoms with Gasteiger partial charge in [0.05, 0.1) is 18.8 Å². The molecule has 194 valence electrons. The predicted molar refractivity (Wildman–Crippen MR) is 151 cm³/mol. The molecule has 1 atom stereocenters. The van der Waals surface area contributed by atoms with Gasteiger partial charge < -0.3 is 14.4 Å². The Bertz CT molecular complexity index is 1570. The maximum Gasteiger partial charge on any atom is 0.273 e. The van der Waals surface area contributed by atoms with E-state index in [-0.39, 0.29) is 11.9 Å². The first kappa shape index (κ1) is 24.5. The average Bonchev–Trinajstić information content (AvgIpc) is 3.55. The number of carbonyl (C=O) groups excluding carboxylic acids is 1. The molecule has 1 N–H and O–H groups in total. The van der Waals surface area contributed by atoms with Crippen LogP contribution in [0.5, 0.6) is 11.5 Å². The van der Waals surface area contributed by atoms with Gasteiger partial charge >= 0.3 is 0 Å². The molecule has 1 aromatic heterocycles. The van der Waals surface area contributed by atoms with Crippen LogP contribution in [0, 0.1) is 0 Å². The van der Waals surface area contributed by atoms with Gasteiger partial charge in [0.15, 0.2) is 11.5 Å². The monoisotopic (exact) mass is 515 g/mol. The van der Waals surface area contributed by atoms with Crippen LogP contribution in [0.1, 0.15) is 38.8 Å². The van der Waals surface area contributed by atoms with E-state index < -0.39 is 0 Å². The quantitative estimate of drug-likeness (QED) is 0.245. The number of benzene rings is 4. The molecular formula is C33H29N3O3. The van der Waals surface area contributed by atoms with E-state index in [2.05, 4.69) is 22.3 Å². The molecule has 39 heavy (non-hydrogen) atoms. The maximum absolute atomic E-state index is 13.7. The number of methoxy groups -OCH3 is 1. The van der Waals surface area contributed by atoms with E-state index in [0.29, 0.717) is 30.3 Å². The highest BCUT2D eigenvalue weighted by Gasteiger charge is 2.42. The predicted octanol–water partition coefficient (Wildman–Crippen LogP) is 6.45. The van der Waals surface area contributed by atoms with Gasteiger partial charge in [0.1, 0.15) is 12.3 Å². The van der Waals surface area contributed by atoms with Crippen molar-refractivity contribution in [3.8, 4) is 22.8 Å². The summed E-state index contributed by atoms with van der Waals surface area (Å²) in [5.41, 5.74) is 6.38. The second-order valence-electron chi connectivity index (χ2n) is 9.55. The fraction of sp³-hybridized carbons (Fsp3) is 0.152. The summed E-state index contributed by atoms with van der Waals surface area (Å²) in [4.78, 5) is 15.7. The van der Waals surface area contributed by atoms with Crippen molar-refractivity contribution < 1.29 is 14.3 Å². The molecule has 2 heterocycles. The molecule has 0 saturated heterocycles. The van der Waals surface area contributed by atoms with Crippen molar-refractivity contribution in [2.24, 2.45) is 0 Å². The van der Waals surface area contributed by atoms with Gasteiger partial charge in [-0.2, -0.15) is 5.10 Å². The number of fused-ring (bicyclic) bond motifs is 1. The molecule has 1 amide bonds. The molecule has 1 unspecified atom stereocenters. The Morgan fingerprint density at radius 1 is 0.821 bits per heavy atom. The lowest BCUT2D eigenvalue weighted by molar-refractivity contribution is 0.0745. The third-order valence-corrected chi connectivity index (χ3v) is 7.14. The molecule has 6 nitrogen and oxygen atoms in total. The van der Waals surface area contributed by atoms with Crippen molar-refractivity contribution in [3.63, 3.8) is 0 Å². The summed E-state index contributed by atoms with van der Waals surface area (Å²) in [5.74, 6) is 1.22. The van der Waals surface area contributed by atoms with Crippen LogP contribution in [0.25, 0.3) is 11.3 Å². The number of aromatic amines is 1. The van der Waals surface area contributed by atoms with Crippen molar-refractivity contribution in [3.05, 3.63) is 137 Å². The zero-order chi connectivity index (χ0) is 26.6. The van der Waals surface area contributed by atoms with Gasteiger partial charge in [-0.1, -0.05) is 97.1 Å². The number of rotatable bonds is 9. The van der Waals surface area contributed by atoms with Crippen LogP contribution < -0.4 is 9.47 Å². The van der Waals surface area contributed by atoms with E-state index in [1.807, 2.05) is 102 Å². The van der Waals surface area contributed by atoms with Crippen molar-refractivity contribution in [1.29, 1.82) is 0 Å². The number of carbonyl (C=O) groups is 1. The summed E-state index contributed by atoms with van der Waals surface area (Å²) in [6.07, 6.45) is 0.747. The van der Waals surface area contributed by atoms with Crippen molar-refractivity contribution in [1.82, 2.24) is 15.1 Å². The molecular weight excluding hydrogens is 486 g/mol. The molecule has 0 radical (unpaired) electrons. The Morgan fingerprint density at radius 3 is 2.18 bits per heavy atom. The first-order valence-electron chi connectivity index (χ1n) is 13.1. The molecule has 0 fully saturated rings. The maximum atomic E-state index is 13.7. The molecule has 1 aliphatic rings. The van der Waals surface area contributed by atoms with Gasteiger partial charge in [-0.15, -0.1) is 0 Å². The number of nitrogens with zero attached hydrogens (tertiary/aromatic N) is 2. The number of H-pyrrole nitrogens is 1. The highest BCUT2D eigenvalue weighted by Crippen LogP contribution is 2.44. The second-order valence-corrected chi connectivity index (χ2v) is 9.55. The summed E-state index contributed by atoms with van der Waals surface area (Å²) in [6.45, 7) is 1.00. The minimum absolute atomic E-state index is 0.0519. The molecule has 0 saturated carbocycles. The lowest BCUT2D eigenvalue weighted by atomic mass is 9.95. The van der Waals surface area contributed by atoms with Crippen molar-refractivity contribution >= 4 is 5.91 Å². The lowest BCUT2D eigenvalue weighted by Gasteiger charge is -2.27. The number of ether oxygens (including phenoxy) is 2. The van der Waals surface area contributed by atoms with E-state index in [1.165, 1.54) is 5.56 Å². The second kappa shape index (κ2) is 10.9. The molecule has 0 spiro atoms. The molecule has 5 aromatic rings. The van der Waals surface area contributed by atoms with E-state index in [9.17, 15) is 4.79 Å². The molecule has 0 bridgehead atoms. The first-order valence-corrected chi connectivity index (χ1v) is 13.1. The normalized spacial score (nSPS) is 14.3. The van der Waals surface area contributed by atoms with Crippen LogP contribution in [0.4, 0.5) is 0 Å². The van der Waals surface area contributed by atoms with E-state index in [4.69, 9.17) is 9.47 Å². The third-order valence-electron chi connectivity index (χ3n) is 7.14. The Kier molecular flexibility index (Phi) is 6.83. The highest BCUT2D eigenvalue weighted by atomic mass is 16.5. The topological polar surface area (TPSA) is 67.5 Å². The Balaban J connectivity index is 1.37. The van der Waals surface area contributed by atoms with Gasteiger partial charge in [-0.25, -0.2) is 0 Å². The van der Waals surface area contributed by atoms with Crippen LogP contribution >= 0.6 is 0 Å². The number of aromatic nitrogens is 2. The first-order chi connectivity index (χ1) is 19.2. The molecule has 0 aliphatic carbocycles. The fourth-order valence-corrected chi connectivity index (χ4v) is 5.19. The van der Waals surface area contributed by atoms with Gasteiger partial charge in [-0.3, -0.25) is 9.89 Å². The third kappa shape index (κ3) is 4.89. The van der Waals surface area contributed by atoms with Gasteiger partial charge in [0.2, 0.25) is 0 Å². The smallest absolute Gasteiger partial charge is 0.273 e. The summed E-state index contributed by atoms with van der Waals surface area (Å²) in [5, 5.41) is 7.63. The lowest BCUT2D eigenvalue weighted by Crippen LogP contribution is -2.31. The number of nitrogens with one attached hydrogen (secondary N) is 1. The number of hydrogen-bond donors (Lipinski definition) is 1. The standard InChI is InChI=1S/C33H29N3O3/c1-38-28-21-26(17-18-27(28)39-22-24-13-7-3-8-14-24)32-29-30(25-15-9-4-10-16-25)34-35-31(29)33(37)36(32)20-19-23-11-5-2-6-12-23/h2-18,21,32H,19-20,22H2,1H3,(H,34,35). The summed E-state index contributed by atoms with van der Waals surface area (Å²) < 4.78 is 11.9. The van der Waals surface area contributed by atoms with Gasteiger partial charge in [-0.05, 0) is 35.2 Å². The summed E-state index contributed by atoms with van der Waals surface area (Å²) >= 11 is 0. The van der Waals surface area contributed by atoms with E-state index >= 15 is 0 Å². The summed E-state index contributed by atoms with van der Waals surface area (Å²) in [6, 6.07) is 35.9. The number of hydrogen-bond acceptors (Lipinski definition) is 4. The average molecular weight is 516 g/mol. The molecule has 1 aliphatic heterocycles. The minimum atomic E-state index is -0.317. The van der Waals surface area contributed by atoms with E-state index in [0.717, 1.165) is 34.4 Å². The fourth-order valence-electron chi connectivity index (χ4n) is 5.19. The molecule has 6 heteroatoms. The van der Waals surface area contributed by atoms with Crippen LogP contribution in [0.15, 0.2) is 109 Å². The van der Waals surface area contributed by atoms with Crippen LogP contribution in [0.3, 0.4) is 0 Å². The molecule has 4 aromatic carbocycles. The minimum Gasteiger partial charge on any atom is -0.493 e. The van der Waals surface area contributed by atoms with Crippen LogP contribution in [0.2, 0.25) is 0 Å². The Morgan fingerprint density at radius 2 is 1.49 bits per heavy atom. The van der Waals surface area contributed by atoms with Crippen molar-refractivity contribution in [2.75, 3.05) is 13.7 Å². The van der Waals surface area contributed by atoms with Crippen LogP contribution in [-0.2, 0) is 13.0 Å². The zero-order valence-corrected chi connectivity index (χ0v) is 21.7. The summed E-state index contributed by atoms with van der Waals surface area (Å²) in [7, 11) is 1.64. The zero-order valence-electron chi connectivity index (χ0n) is 21.7. The van der Waals surface area contributed by atoms with Crippen molar-refractivity contribution in [2.45, 2.75) is 19.1 Å². The number of amides is 1.